The maximum Gasteiger partial charge on any atom is 0.258 e. The van der Waals surface area contributed by atoms with Crippen LogP contribution in [0.5, 0.6) is 5.75 Å². The van der Waals surface area contributed by atoms with E-state index in [1.807, 2.05) is 31.2 Å². The molecule has 0 aliphatic rings. The van der Waals surface area contributed by atoms with Gasteiger partial charge in [0.1, 0.15) is 5.75 Å². The van der Waals surface area contributed by atoms with Gasteiger partial charge in [0, 0.05) is 12.6 Å². The Labute approximate surface area is 114 Å². The Bertz CT molecular complexity index is 372. The number of carbonyl (C=O) groups is 1. The van der Waals surface area contributed by atoms with E-state index >= 15 is 0 Å². The van der Waals surface area contributed by atoms with E-state index in [-0.39, 0.29) is 31.0 Å². The zero-order chi connectivity index (χ0) is 12.7. The lowest BCUT2D eigenvalue weighted by molar-refractivity contribution is -0.123. The van der Waals surface area contributed by atoms with Crippen LogP contribution < -0.4 is 15.8 Å². The molecule has 0 unspecified atom stereocenters. The minimum atomic E-state index is -0.145. The average molecular weight is 273 g/mol. The number of nitrogens with two attached hydrogens (primary N) is 1. The van der Waals surface area contributed by atoms with Gasteiger partial charge < -0.3 is 15.8 Å². The normalized spacial score (nSPS) is 11.3. The van der Waals surface area contributed by atoms with Gasteiger partial charge in [0.2, 0.25) is 0 Å². The van der Waals surface area contributed by atoms with E-state index in [0.717, 1.165) is 17.7 Å². The lowest BCUT2D eigenvalue weighted by atomic mass is 10.1. The van der Waals surface area contributed by atoms with Crippen LogP contribution in [0, 0.1) is 0 Å². The Morgan fingerprint density at radius 1 is 1.44 bits per heavy atom. The van der Waals surface area contributed by atoms with Gasteiger partial charge in [0.15, 0.2) is 6.61 Å². The van der Waals surface area contributed by atoms with E-state index in [1.165, 1.54) is 0 Å². The van der Waals surface area contributed by atoms with E-state index in [0.29, 0.717) is 6.54 Å². The Hall–Kier alpha value is -1.26. The highest BCUT2D eigenvalue weighted by Gasteiger charge is 2.07. The number of amides is 1. The summed E-state index contributed by atoms with van der Waals surface area (Å²) in [5.74, 6) is 0.624. The molecule has 0 fully saturated rings. The molecule has 1 aromatic carbocycles. The Morgan fingerprint density at radius 2 is 2.11 bits per heavy atom. The van der Waals surface area contributed by atoms with Crippen molar-refractivity contribution < 1.29 is 9.53 Å². The maximum atomic E-state index is 11.5. The molecule has 0 bridgehead atoms. The van der Waals surface area contributed by atoms with Gasteiger partial charge in [0.05, 0.1) is 0 Å². The molecule has 1 amide bonds. The fraction of sp³-hybridized carbons (Fsp3) is 0.462. The fourth-order valence-electron chi connectivity index (χ4n) is 1.46. The zero-order valence-corrected chi connectivity index (χ0v) is 11.6. The van der Waals surface area contributed by atoms with E-state index in [2.05, 4.69) is 12.2 Å². The molecule has 102 valence electrons. The van der Waals surface area contributed by atoms with Crippen LogP contribution >= 0.6 is 12.4 Å². The Balaban J connectivity index is 0.00000289. The number of hydrogen-bond donors (Lipinski definition) is 2. The third-order valence-corrected chi connectivity index (χ3v) is 2.47. The molecule has 1 aromatic rings. The van der Waals surface area contributed by atoms with Gasteiger partial charge in [-0.3, -0.25) is 4.79 Å². The molecule has 0 spiro atoms. The quantitative estimate of drug-likeness (QED) is 0.825. The number of benzene rings is 1. The molecule has 0 aliphatic carbocycles. The molecule has 5 heteroatoms. The van der Waals surface area contributed by atoms with Crippen molar-refractivity contribution in [2.45, 2.75) is 26.3 Å². The van der Waals surface area contributed by atoms with Crippen LogP contribution in [0.25, 0.3) is 0 Å². The highest BCUT2D eigenvalue weighted by molar-refractivity contribution is 5.85. The molecule has 0 aliphatic heterocycles. The summed E-state index contributed by atoms with van der Waals surface area (Å²) in [6.45, 7) is 4.37. The number of rotatable bonds is 6. The molecule has 0 aromatic heterocycles. The molecule has 3 N–H and O–H groups in total. The van der Waals surface area contributed by atoms with Crippen molar-refractivity contribution >= 4 is 18.3 Å². The second-order valence-electron chi connectivity index (χ2n) is 3.95. The molecule has 18 heavy (non-hydrogen) atoms. The van der Waals surface area contributed by atoms with Gasteiger partial charge in [-0.15, -0.1) is 12.4 Å². The van der Waals surface area contributed by atoms with Crippen molar-refractivity contribution in [3.63, 3.8) is 0 Å². The van der Waals surface area contributed by atoms with Gasteiger partial charge >= 0.3 is 0 Å². The minimum Gasteiger partial charge on any atom is -0.483 e. The molecular formula is C13H21ClN2O2. The third-order valence-electron chi connectivity index (χ3n) is 2.47. The monoisotopic (exact) mass is 272 g/mol. The summed E-state index contributed by atoms with van der Waals surface area (Å²) in [4.78, 5) is 11.5. The predicted octanol–water partition coefficient (Wildman–Crippen LogP) is 1.51. The van der Waals surface area contributed by atoms with Crippen LogP contribution in [-0.2, 0) is 11.2 Å². The van der Waals surface area contributed by atoms with Crippen molar-refractivity contribution in [1.82, 2.24) is 5.32 Å². The number of ether oxygens (including phenoxy) is 1. The standard InChI is InChI=1S/C13H20N2O2.ClH/c1-3-11-6-4-5-7-12(11)17-9-13(16)15-10(2)8-14;/h4-7,10H,3,8-9,14H2,1-2H3,(H,15,16);1H/t10-;/m0./s1. The van der Waals surface area contributed by atoms with E-state index in [9.17, 15) is 4.79 Å². The summed E-state index contributed by atoms with van der Waals surface area (Å²) < 4.78 is 5.48. The summed E-state index contributed by atoms with van der Waals surface area (Å²) in [6, 6.07) is 7.71. The zero-order valence-electron chi connectivity index (χ0n) is 10.8. The van der Waals surface area contributed by atoms with Crippen LogP contribution in [-0.4, -0.2) is 25.1 Å². The molecule has 1 atom stereocenters. The van der Waals surface area contributed by atoms with Crippen molar-refractivity contribution in [2.24, 2.45) is 5.73 Å². The SMILES string of the molecule is CCc1ccccc1OCC(=O)N[C@@H](C)CN.Cl. The Kier molecular flexibility index (Phi) is 8.16. The summed E-state index contributed by atoms with van der Waals surface area (Å²) in [5, 5.41) is 2.75. The molecule has 4 nitrogen and oxygen atoms in total. The van der Waals surface area contributed by atoms with Gasteiger partial charge in [-0.05, 0) is 25.0 Å². The molecule has 0 heterocycles. The summed E-state index contributed by atoms with van der Waals surface area (Å²) >= 11 is 0. The molecule has 1 rings (SSSR count). The number of hydrogen-bond acceptors (Lipinski definition) is 3. The summed E-state index contributed by atoms with van der Waals surface area (Å²) in [5.41, 5.74) is 6.52. The van der Waals surface area contributed by atoms with Crippen LogP contribution in [0.15, 0.2) is 24.3 Å². The first-order chi connectivity index (χ1) is 8.17. The molecule has 0 radical (unpaired) electrons. The largest absolute Gasteiger partial charge is 0.483 e. The van der Waals surface area contributed by atoms with Gasteiger partial charge in [-0.1, -0.05) is 25.1 Å². The van der Waals surface area contributed by atoms with E-state index < -0.39 is 0 Å². The predicted molar refractivity (Wildman–Crippen MR) is 75.2 cm³/mol. The highest BCUT2D eigenvalue weighted by Crippen LogP contribution is 2.17. The van der Waals surface area contributed by atoms with Crippen molar-refractivity contribution in [3.8, 4) is 5.75 Å². The van der Waals surface area contributed by atoms with Crippen molar-refractivity contribution in [2.75, 3.05) is 13.2 Å². The van der Waals surface area contributed by atoms with Crippen molar-refractivity contribution in [1.29, 1.82) is 0 Å². The lowest BCUT2D eigenvalue weighted by Gasteiger charge is -2.13. The fourth-order valence-corrected chi connectivity index (χ4v) is 1.46. The smallest absolute Gasteiger partial charge is 0.258 e. The lowest BCUT2D eigenvalue weighted by Crippen LogP contribution is -2.40. The topological polar surface area (TPSA) is 64.3 Å². The van der Waals surface area contributed by atoms with E-state index in [4.69, 9.17) is 10.5 Å². The summed E-state index contributed by atoms with van der Waals surface area (Å²) in [7, 11) is 0. The second kappa shape index (κ2) is 8.78. The third kappa shape index (κ3) is 5.38. The van der Waals surface area contributed by atoms with Gasteiger partial charge in [0.25, 0.3) is 5.91 Å². The molecule has 0 saturated heterocycles. The second-order valence-corrected chi connectivity index (χ2v) is 3.95. The molecule has 0 saturated carbocycles. The highest BCUT2D eigenvalue weighted by atomic mass is 35.5. The van der Waals surface area contributed by atoms with Crippen LogP contribution in [0.2, 0.25) is 0 Å². The van der Waals surface area contributed by atoms with Crippen molar-refractivity contribution in [3.05, 3.63) is 29.8 Å². The van der Waals surface area contributed by atoms with Gasteiger partial charge in [-0.2, -0.15) is 0 Å². The van der Waals surface area contributed by atoms with Gasteiger partial charge in [-0.25, -0.2) is 0 Å². The first-order valence-electron chi connectivity index (χ1n) is 5.87. The number of halogens is 1. The number of aryl methyl sites for hydroxylation is 1. The van der Waals surface area contributed by atoms with Crippen LogP contribution in [0.1, 0.15) is 19.4 Å². The van der Waals surface area contributed by atoms with E-state index in [1.54, 1.807) is 0 Å². The van der Waals surface area contributed by atoms with Crippen LogP contribution in [0.3, 0.4) is 0 Å². The Morgan fingerprint density at radius 3 is 2.72 bits per heavy atom. The number of nitrogens with one attached hydrogen (secondary N) is 1. The number of para-hydroxylation sites is 1. The first kappa shape index (κ1) is 16.7. The average Bonchev–Trinajstić information content (AvgIpc) is 2.36. The summed E-state index contributed by atoms with van der Waals surface area (Å²) in [6.07, 6.45) is 0.886. The van der Waals surface area contributed by atoms with Crippen LogP contribution in [0.4, 0.5) is 0 Å². The molecular weight excluding hydrogens is 252 g/mol. The maximum absolute atomic E-state index is 11.5. The first-order valence-corrected chi connectivity index (χ1v) is 5.87. The number of carbonyl (C=O) groups excluding carboxylic acids is 1. The minimum absolute atomic E-state index is 0.